The Balaban J connectivity index is 2.71. The molecule has 0 aliphatic carbocycles. The third-order valence-electron chi connectivity index (χ3n) is 1.48. The third-order valence-corrected chi connectivity index (χ3v) is 1.97. The van der Waals surface area contributed by atoms with E-state index in [0.717, 1.165) is 10.0 Å². The molecular weight excluding hydrogens is 216 g/mol. The van der Waals surface area contributed by atoms with Crippen molar-refractivity contribution in [1.82, 2.24) is 4.90 Å². The lowest BCUT2D eigenvalue weighted by molar-refractivity contribution is 0.469. The Morgan fingerprint density at radius 1 is 1.58 bits per heavy atom. The van der Waals surface area contributed by atoms with Gasteiger partial charge in [0.2, 0.25) is 0 Å². The van der Waals surface area contributed by atoms with Gasteiger partial charge in [-0.05, 0) is 17.7 Å². The molecule has 0 aliphatic heterocycles. The predicted molar refractivity (Wildman–Crippen MR) is 51.2 cm³/mol. The zero-order chi connectivity index (χ0) is 8.97. The Morgan fingerprint density at radius 2 is 2.33 bits per heavy atom. The van der Waals surface area contributed by atoms with Gasteiger partial charge in [0.25, 0.3) is 0 Å². The van der Waals surface area contributed by atoms with Crippen LogP contribution in [0.4, 0.5) is 0 Å². The molecule has 0 N–H and O–H groups in total. The van der Waals surface area contributed by atoms with Gasteiger partial charge in [0.1, 0.15) is 0 Å². The first-order valence-electron chi connectivity index (χ1n) is 3.57. The summed E-state index contributed by atoms with van der Waals surface area (Å²) in [6.45, 7) is 0.663. The quantitative estimate of drug-likeness (QED) is 0.570. The van der Waals surface area contributed by atoms with Crippen molar-refractivity contribution in [3.05, 3.63) is 34.3 Å². The average Bonchev–Trinajstić information content (AvgIpc) is 2.04. The maximum absolute atomic E-state index is 8.53. The molecule has 0 fully saturated rings. The second kappa shape index (κ2) is 4.13. The van der Waals surface area contributed by atoms with Crippen molar-refractivity contribution in [1.29, 1.82) is 5.26 Å². The first-order valence-corrected chi connectivity index (χ1v) is 4.37. The Bertz CT molecular complexity index is 304. The minimum absolute atomic E-state index is 0.663. The number of hydrogen-bond acceptors (Lipinski definition) is 2. The van der Waals surface area contributed by atoms with E-state index >= 15 is 0 Å². The highest BCUT2D eigenvalue weighted by Crippen LogP contribution is 2.12. The van der Waals surface area contributed by atoms with E-state index in [9.17, 15) is 0 Å². The highest BCUT2D eigenvalue weighted by molar-refractivity contribution is 9.10. The molecule has 0 heterocycles. The summed E-state index contributed by atoms with van der Waals surface area (Å²) in [7, 11) is 1.76. The molecular formula is C9H9BrN2. The molecule has 0 saturated heterocycles. The second-order valence-electron chi connectivity index (χ2n) is 2.59. The Kier molecular flexibility index (Phi) is 3.12. The lowest BCUT2D eigenvalue weighted by Crippen LogP contribution is -2.09. The van der Waals surface area contributed by atoms with Gasteiger partial charge in [-0.2, -0.15) is 5.26 Å². The summed E-state index contributed by atoms with van der Waals surface area (Å²) in [4.78, 5) is 1.59. The largest absolute Gasteiger partial charge is 0.309 e. The number of halogens is 1. The van der Waals surface area contributed by atoms with Gasteiger partial charge < -0.3 is 4.90 Å². The predicted octanol–water partition coefficient (Wildman–Crippen LogP) is 2.36. The van der Waals surface area contributed by atoms with Gasteiger partial charge >= 0.3 is 0 Å². The van der Waals surface area contributed by atoms with E-state index in [-0.39, 0.29) is 0 Å². The summed E-state index contributed by atoms with van der Waals surface area (Å²) in [5, 5.41) is 8.53. The topological polar surface area (TPSA) is 27.0 Å². The molecule has 1 aromatic carbocycles. The van der Waals surface area contributed by atoms with Gasteiger partial charge in [-0.3, -0.25) is 0 Å². The third kappa shape index (κ3) is 2.55. The smallest absolute Gasteiger partial charge is 0.179 e. The van der Waals surface area contributed by atoms with Crippen LogP contribution < -0.4 is 0 Å². The van der Waals surface area contributed by atoms with Crippen molar-refractivity contribution in [3.63, 3.8) is 0 Å². The number of nitrogens with zero attached hydrogens (tertiary/aromatic N) is 2. The Hall–Kier alpha value is -1.01. The maximum Gasteiger partial charge on any atom is 0.179 e. The van der Waals surface area contributed by atoms with Crippen LogP contribution in [0.5, 0.6) is 0 Å². The van der Waals surface area contributed by atoms with E-state index in [1.165, 1.54) is 0 Å². The molecule has 2 nitrogen and oxygen atoms in total. The maximum atomic E-state index is 8.53. The monoisotopic (exact) mass is 224 g/mol. The molecule has 12 heavy (non-hydrogen) atoms. The summed E-state index contributed by atoms with van der Waals surface area (Å²) in [5.74, 6) is 0. The van der Waals surface area contributed by atoms with E-state index in [2.05, 4.69) is 22.1 Å². The normalized spacial score (nSPS) is 9.08. The highest BCUT2D eigenvalue weighted by atomic mass is 79.9. The summed E-state index contributed by atoms with van der Waals surface area (Å²) in [6, 6.07) is 7.94. The fourth-order valence-electron chi connectivity index (χ4n) is 0.945. The Morgan fingerprint density at radius 3 is 2.92 bits per heavy atom. The van der Waals surface area contributed by atoms with Gasteiger partial charge in [0, 0.05) is 11.5 Å². The van der Waals surface area contributed by atoms with Crippen LogP contribution in [0.1, 0.15) is 5.56 Å². The molecule has 1 rings (SSSR count). The Labute approximate surface area is 80.5 Å². The van der Waals surface area contributed by atoms with Gasteiger partial charge in [-0.1, -0.05) is 28.1 Å². The lowest BCUT2D eigenvalue weighted by Gasteiger charge is -2.08. The second-order valence-corrected chi connectivity index (χ2v) is 3.50. The van der Waals surface area contributed by atoms with Crippen LogP contribution >= 0.6 is 15.9 Å². The zero-order valence-corrected chi connectivity index (χ0v) is 8.37. The van der Waals surface area contributed by atoms with E-state index in [1.807, 2.05) is 24.3 Å². The molecule has 0 atom stereocenters. The van der Waals surface area contributed by atoms with Crippen LogP contribution in [0.15, 0.2) is 28.7 Å². The lowest BCUT2D eigenvalue weighted by atomic mass is 10.2. The van der Waals surface area contributed by atoms with E-state index in [1.54, 1.807) is 11.9 Å². The highest BCUT2D eigenvalue weighted by Gasteiger charge is 1.96. The number of hydrogen-bond donors (Lipinski definition) is 0. The average molecular weight is 225 g/mol. The van der Waals surface area contributed by atoms with Crippen molar-refractivity contribution in [2.45, 2.75) is 6.54 Å². The van der Waals surface area contributed by atoms with E-state index in [0.29, 0.717) is 6.54 Å². The number of benzene rings is 1. The molecule has 0 unspecified atom stereocenters. The molecule has 0 radical (unpaired) electrons. The minimum atomic E-state index is 0.663. The summed E-state index contributed by atoms with van der Waals surface area (Å²) >= 11 is 3.37. The van der Waals surface area contributed by atoms with E-state index < -0.39 is 0 Å². The summed E-state index contributed by atoms with van der Waals surface area (Å²) in [6.07, 6.45) is 2.05. The first-order chi connectivity index (χ1) is 5.72. The minimum Gasteiger partial charge on any atom is -0.309 e. The molecule has 0 spiro atoms. The van der Waals surface area contributed by atoms with Crippen LogP contribution in [-0.4, -0.2) is 11.9 Å². The van der Waals surface area contributed by atoms with E-state index in [4.69, 9.17) is 5.26 Å². The van der Waals surface area contributed by atoms with Crippen molar-refractivity contribution in [3.8, 4) is 6.19 Å². The zero-order valence-electron chi connectivity index (χ0n) is 6.79. The van der Waals surface area contributed by atoms with Crippen LogP contribution in [0.3, 0.4) is 0 Å². The molecule has 0 aliphatic rings. The number of nitriles is 1. The molecule has 0 bridgehead atoms. The number of rotatable bonds is 2. The van der Waals surface area contributed by atoms with Crippen LogP contribution in [-0.2, 0) is 6.54 Å². The molecule has 3 heteroatoms. The standard InChI is InChI=1S/C9H9BrN2/c1-12(7-11)6-8-3-2-4-9(10)5-8/h2-5H,6H2,1H3. The van der Waals surface area contributed by atoms with Crippen LogP contribution in [0, 0.1) is 11.5 Å². The van der Waals surface area contributed by atoms with Crippen LogP contribution in [0.2, 0.25) is 0 Å². The molecule has 62 valence electrons. The van der Waals surface area contributed by atoms with Crippen molar-refractivity contribution in [2.75, 3.05) is 7.05 Å². The fraction of sp³-hybridized carbons (Fsp3) is 0.222. The van der Waals surface area contributed by atoms with Gasteiger partial charge in [-0.25, -0.2) is 0 Å². The van der Waals surface area contributed by atoms with Gasteiger partial charge in [0.05, 0.1) is 6.54 Å². The summed E-state index contributed by atoms with van der Waals surface area (Å²) in [5.41, 5.74) is 1.13. The molecule has 1 aromatic rings. The van der Waals surface area contributed by atoms with Gasteiger partial charge in [0.15, 0.2) is 6.19 Å². The van der Waals surface area contributed by atoms with Crippen molar-refractivity contribution < 1.29 is 0 Å². The first kappa shape index (κ1) is 9.08. The molecule has 0 aromatic heterocycles. The van der Waals surface area contributed by atoms with Crippen molar-refractivity contribution in [2.24, 2.45) is 0 Å². The molecule has 0 saturated carbocycles. The SMILES string of the molecule is CN(C#N)Cc1cccc(Br)c1. The molecule has 0 amide bonds. The van der Waals surface area contributed by atoms with Crippen LogP contribution in [0.25, 0.3) is 0 Å². The van der Waals surface area contributed by atoms with Crippen molar-refractivity contribution >= 4 is 15.9 Å². The van der Waals surface area contributed by atoms with Gasteiger partial charge in [-0.15, -0.1) is 0 Å². The summed E-state index contributed by atoms with van der Waals surface area (Å²) < 4.78 is 1.05. The fourth-order valence-corrected chi connectivity index (χ4v) is 1.39.